The number of rotatable bonds is 11. The van der Waals surface area contributed by atoms with E-state index in [1.165, 1.54) is 89.9 Å². The standard InChI is InChI=1S/C32H54O.C16H14O.C4H10/c1-8-10-26-12-11-22(4)28(20-26)14-13-27-15-16-29-25(7)32(18-17-30(27)29)24(6)23(5)31(33-32)19-21(3)9-2;1-12(14-6-4-3-5-7-14)15-8-10-16(11-9-15)13(2)17;1-3-4-2/h14,21-24,26-27,30-31H,8-13,15-20H2,1-7H3;3-11H,1H2,2H3;3-4H2,1-2H3/b28-14-;;/t21?,22?,23?,24-,26?,27?,30?,31?,32?;;/m1../s1. The van der Waals surface area contributed by atoms with Crippen LogP contribution in [0.3, 0.4) is 0 Å². The Kier molecular flexibility index (Phi) is 17.1. The van der Waals surface area contributed by atoms with Gasteiger partial charge in [-0.1, -0.05) is 166 Å². The lowest BCUT2D eigenvalue weighted by Crippen LogP contribution is -2.41. The lowest BCUT2D eigenvalue weighted by molar-refractivity contribution is -0.0524. The molecule has 1 heterocycles. The number of unbranched alkanes of at least 4 members (excludes halogenated alkanes) is 1. The summed E-state index contributed by atoms with van der Waals surface area (Å²) in [6.45, 7) is 27.0. The van der Waals surface area contributed by atoms with E-state index in [4.69, 9.17) is 4.74 Å². The first kappa shape index (κ1) is 44.0. The van der Waals surface area contributed by atoms with Gasteiger partial charge in [0.25, 0.3) is 0 Å². The van der Waals surface area contributed by atoms with Crippen LogP contribution in [0.15, 0.2) is 84.0 Å². The molecule has 0 radical (unpaired) electrons. The maximum Gasteiger partial charge on any atom is 0.159 e. The minimum absolute atomic E-state index is 0.0436. The van der Waals surface area contributed by atoms with Crippen LogP contribution in [0.4, 0.5) is 0 Å². The van der Waals surface area contributed by atoms with Crippen LogP contribution in [0.1, 0.15) is 181 Å². The van der Waals surface area contributed by atoms with Crippen LogP contribution in [0.2, 0.25) is 0 Å². The van der Waals surface area contributed by atoms with Gasteiger partial charge in [-0.2, -0.15) is 0 Å². The molecule has 3 aliphatic carbocycles. The van der Waals surface area contributed by atoms with Crippen molar-refractivity contribution < 1.29 is 9.53 Å². The van der Waals surface area contributed by atoms with E-state index in [1.807, 2.05) is 60.2 Å². The lowest BCUT2D eigenvalue weighted by Gasteiger charge is -2.42. The fourth-order valence-electron chi connectivity index (χ4n) is 10.0. The van der Waals surface area contributed by atoms with Crippen LogP contribution >= 0.6 is 0 Å². The third-order valence-electron chi connectivity index (χ3n) is 14.4. The van der Waals surface area contributed by atoms with Crippen LogP contribution in [-0.2, 0) is 4.74 Å². The molecule has 1 spiro atoms. The molecule has 2 aromatic rings. The second-order valence-corrected chi connectivity index (χ2v) is 17.9. The molecule has 1 aliphatic heterocycles. The van der Waals surface area contributed by atoms with Crippen molar-refractivity contribution >= 4 is 11.4 Å². The van der Waals surface area contributed by atoms with Crippen molar-refractivity contribution in [3.63, 3.8) is 0 Å². The Labute approximate surface area is 332 Å². The summed E-state index contributed by atoms with van der Waals surface area (Å²) in [5.41, 5.74) is 9.17. The molecular weight excluding hydrogens is 657 g/mol. The first-order valence-corrected chi connectivity index (χ1v) is 22.3. The molecule has 9 atom stereocenters. The Morgan fingerprint density at radius 2 is 1.54 bits per heavy atom. The summed E-state index contributed by atoms with van der Waals surface area (Å²) >= 11 is 0. The van der Waals surface area contributed by atoms with Gasteiger partial charge < -0.3 is 4.74 Å². The van der Waals surface area contributed by atoms with Crippen LogP contribution in [0, 0.1) is 41.4 Å². The molecule has 2 nitrogen and oxygen atoms in total. The molecule has 3 fully saturated rings. The molecule has 2 saturated carbocycles. The van der Waals surface area contributed by atoms with E-state index in [2.05, 4.69) is 75.0 Å². The van der Waals surface area contributed by atoms with E-state index < -0.39 is 0 Å². The summed E-state index contributed by atoms with van der Waals surface area (Å²) in [4.78, 5) is 11.2. The molecule has 0 amide bonds. The summed E-state index contributed by atoms with van der Waals surface area (Å²) in [5.74, 6) is 5.67. The van der Waals surface area contributed by atoms with Crippen LogP contribution < -0.4 is 0 Å². The fourth-order valence-corrected chi connectivity index (χ4v) is 10.0. The molecule has 0 bridgehead atoms. The third-order valence-corrected chi connectivity index (χ3v) is 14.4. The fraction of sp³-hybridized carbons (Fsp3) is 0.635. The van der Waals surface area contributed by atoms with Gasteiger partial charge in [-0.3, -0.25) is 4.79 Å². The highest BCUT2D eigenvalue weighted by molar-refractivity contribution is 5.94. The second-order valence-electron chi connectivity index (χ2n) is 17.9. The van der Waals surface area contributed by atoms with Gasteiger partial charge in [-0.15, -0.1) is 0 Å². The molecule has 2 heteroatoms. The van der Waals surface area contributed by atoms with Crippen LogP contribution in [-0.4, -0.2) is 17.5 Å². The zero-order chi connectivity index (χ0) is 39.4. The van der Waals surface area contributed by atoms with Gasteiger partial charge in [0.1, 0.15) is 0 Å². The zero-order valence-corrected chi connectivity index (χ0v) is 36.3. The van der Waals surface area contributed by atoms with Crippen LogP contribution in [0.25, 0.3) is 5.57 Å². The number of hydrogen-bond donors (Lipinski definition) is 0. The zero-order valence-electron chi connectivity index (χ0n) is 36.3. The van der Waals surface area contributed by atoms with Crippen molar-refractivity contribution in [1.29, 1.82) is 0 Å². The van der Waals surface area contributed by atoms with Gasteiger partial charge in [-0.05, 0) is 135 Å². The number of ether oxygens (including phenoxy) is 1. The molecule has 0 aromatic heterocycles. The number of allylic oxidation sites excluding steroid dienone is 3. The van der Waals surface area contributed by atoms with E-state index in [1.54, 1.807) is 18.1 Å². The van der Waals surface area contributed by atoms with E-state index in [0.717, 1.165) is 51.9 Å². The number of ketones is 1. The number of benzene rings is 2. The summed E-state index contributed by atoms with van der Waals surface area (Å²) in [7, 11) is 0. The van der Waals surface area contributed by atoms with Crippen molar-refractivity contribution in [3.8, 4) is 0 Å². The summed E-state index contributed by atoms with van der Waals surface area (Å²) < 4.78 is 7.08. The molecule has 4 aliphatic rings. The number of carbonyl (C=O) groups excluding carboxylic acids is 1. The SMILES string of the molecule is C=C(c1ccccc1)c1ccc(C(C)=O)cc1.CCCC.CCCC1CCC(C)/C(=C\CC2CCC3=C(C)C4(CCC32)OC(CC(C)CC)C(C)[C@H]4C)C1. The summed E-state index contributed by atoms with van der Waals surface area (Å²) in [5, 5.41) is 0. The minimum atomic E-state index is 0.0436. The molecule has 6 rings (SSSR count). The van der Waals surface area contributed by atoms with Crippen molar-refractivity contribution in [2.45, 2.75) is 171 Å². The predicted octanol–water partition coefficient (Wildman–Crippen LogP) is 15.3. The highest BCUT2D eigenvalue weighted by Gasteiger charge is 2.55. The topological polar surface area (TPSA) is 26.3 Å². The maximum absolute atomic E-state index is 11.2. The average molecular weight is 735 g/mol. The number of carbonyl (C=O) groups is 1. The highest BCUT2D eigenvalue weighted by atomic mass is 16.5. The summed E-state index contributed by atoms with van der Waals surface area (Å²) in [6.07, 6.45) is 22.1. The van der Waals surface area contributed by atoms with Crippen molar-refractivity contribution in [2.75, 3.05) is 0 Å². The van der Waals surface area contributed by atoms with Gasteiger partial charge >= 0.3 is 0 Å². The molecule has 2 aromatic carbocycles. The van der Waals surface area contributed by atoms with Crippen molar-refractivity contribution in [2.24, 2.45) is 41.4 Å². The second kappa shape index (κ2) is 21.0. The molecule has 1 saturated heterocycles. The van der Waals surface area contributed by atoms with E-state index in [9.17, 15) is 4.79 Å². The third kappa shape index (κ3) is 10.8. The van der Waals surface area contributed by atoms with Gasteiger partial charge in [-0.25, -0.2) is 0 Å². The van der Waals surface area contributed by atoms with Crippen molar-refractivity contribution in [1.82, 2.24) is 0 Å². The molecule has 8 unspecified atom stereocenters. The largest absolute Gasteiger partial charge is 0.367 e. The molecule has 54 heavy (non-hydrogen) atoms. The quantitative estimate of drug-likeness (QED) is 0.170. The van der Waals surface area contributed by atoms with Gasteiger partial charge in [0.05, 0.1) is 11.7 Å². The molecule has 0 N–H and O–H groups in total. The Hall–Kier alpha value is -2.71. The average Bonchev–Trinajstić information content (AvgIpc) is 3.71. The summed E-state index contributed by atoms with van der Waals surface area (Å²) in [6, 6.07) is 17.6. The van der Waals surface area contributed by atoms with E-state index >= 15 is 0 Å². The number of fused-ring (bicyclic) bond motifs is 1. The highest BCUT2D eigenvalue weighted by Crippen LogP contribution is 2.57. The first-order valence-electron chi connectivity index (χ1n) is 22.3. The van der Waals surface area contributed by atoms with Gasteiger partial charge in [0.2, 0.25) is 0 Å². The smallest absolute Gasteiger partial charge is 0.159 e. The molecule has 298 valence electrons. The van der Waals surface area contributed by atoms with Gasteiger partial charge in [0.15, 0.2) is 5.78 Å². The maximum atomic E-state index is 11.2. The number of hydrogen-bond acceptors (Lipinski definition) is 2. The van der Waals surface area contributed by atoms with Gasteiger partial charge in [0, 0.05) is 5.56 Å². The normalized spacial score (nSPS) is 30.3. The minimum Gasteiger partial charge on any atom is -0.367 e. The first-order chi connectivity index (χ1) is 25.9. The lowest BCUT2D eigenvalue weighted by atomic mass is 9.66. The predicted molar refractivity (Wildman–Crippen MR) is 234 cm³/mol. The van der Waals surface area contributed by atoms with E-state index in [0.29, 0.717) is 17.9 Å². The Balaban J connectivity index is 0.000000258. The van der Waals surface area contributed by atoms with Crippen LogP contribution in [0.5, 0.6) is 0 Å². The molecular formula is C52H78O2. The Bertz CT molecular complexity index is 1530. The Morgan fingerprint density at radius 3 is 2.15 bits per heavy atom. The van der Waals surface area contributed by atoms with E-state index in [-0.39, 0.29) is 11.4 Å². The number of Topliss-reactive ketones (excluding diaryl/α,β-unsaturated/α-hetero) is 1. The monoisotopic (exact) mass is 735 g/mol. The Morgan fingerprint density at radius 1 is 0.889 bits per heavy atom. The van der Waals surface area contributed by atoms with Crippen molar-refractivity contribution in [3.05, 3.63) is 101 Å².